The van der Waals surface area contributed by atoms with E-state index in [2.05, 4.69) is 54.1 Å². The first kappa shape index (κ1) is 18.9. The van der Waals surface area contributed by atoms with E-state index in [9.17, 15) is 4.79 Å². The van der Waals surface area contributed by atoms with E-state index in [4.69, 9.17) is 0 Å². The quantitative estimate of drug-likeness (QED) is 0.830. The van der Waals surface area contributed by atoms with Crippen molar-refractivity contribution in [2.75, 3.05) is 40.3 Å². The number of likely N-dealkylation sites (tertiary alicyclic amines) is 1. The van der Waals surface area contributed by atoms with Crippen molar-refractivity contribution in [1.82, 2.24) is 20.1 Å². The molecule has 1 fully saturated rings. The zero-order valence-corrected chi connectivity index (χ0v) is 15.6. The fourth-order valence-corrected chi connectivity index (χ4v) is 3.46. The van der Waals surface area contributed by atoms with Crippen LogP contribution in [0.5, 0.6) is 0 Å². The fraction of sp³-hybridized carbons (Fsp3) is 0.684. The molecule has 24 heavy (non-hydrogen) atoms. The summed E-state index contributed by atoms with van der Waals surface area (Å²) >= 11 is 0. The van der Waals surface area contributed by atoms with Gasteiger partial charge in [-0.25, -0.2) is 0 Å². The lowest BCUT2D eigenvalue weighted by molar-refractivity contribution is -0.127. The molecule has 1 saturated heterocycles. The number of nitrogens with zero attached hydrogens (tertiary/aromatic N) is 3. The average molecular weight is 332 g/mol. The molecule has 0 bridgehead atoms. The number of piperidine rings is 1. The number of aromatic nitrogens is 1. The Labute approximate surface area is 146 Å². The van der Waals surface area contributed by atoms with Crippen molar-refractivity contribution in [3.63, 3.8) is 0 Å². The van der Waals surface area contributed by atoms with Gasteiger partial charge >= 0.3 is 0 Å². The Bertz CT molecular complexity index is 507. The maximum atomic E-state index is 12.4. The molecule has 0 aliphatic carbocycles. The van der Waals surface area contributed by atoms with Crippen molar-refractivity contribution in [2.45, 2.75) is 33.2 Å². The first-order valence-corrected chi connectivity index (χ1v) is 8.90. The van der Waals surface area contributed by atoms with Gasteiger partial charge in [0.05, 0.1) is 5.69 Å². The molecule has 5 heteroatoms. The molecule has 0 radical (unpaired) electrons. The Morgan fingerprint density at radius 3 is 2.62 bits per heavy atom. The molecule has 0 aromatic carbocycles. The van der Waals surface area contributed by atoms with Crippen LogP contribution in [0, 0.1) is 11.3 Å². The predicted molar refractivity (Wildman–Crippen MR) is 97.6 cm³/mol. The highest BCUT2D eigenvalue weighted by molar-refractivity contribution is 5.78. The van der Waals surface area contributed by atoms with Crippen molar-refractivity contribution in [2.24, 2.45) is 11.3 Å². The normalized spacial score (nSPS) is 17.2. The van der Waals surface area contributed by atoms with Crippen molar-refractivity contribution in [3.05, 3.63) is 30.1 Å². The molecule has 0 atom stereocenters. The minimum Gasteiger partial charge on any atom is -0.355 e. The molecule has 1 aromatic rings. The minimum absolute atomic E-state index is 0.0961. The van der Waals surface area contributed by atoms with E-state index in [1.807, 2.05) is 18.3 Å². The third kappa shape index (κ3) is 6.21. The highest BCUT2D eigenvalue weighted by Crippen LogP contribution is 2.20. The standard InChI is InChI=1S/C19H32N4O/c1-19(2,15-22(3)4)14-21-18(24)16-8-11-23(12-9-16)13-17-7-5-6-10-20-17/h5-7,10,16H,8-9,11-15H2,1-4H3,(H,21,24). The van der Waals surface area contributed by atoms with Crippen LogP contribution in [0.2, 0.25) is 0 Å². The predicted octanol–water partition coefficient (Wildman–Crippen LogP) is 2.00. The lowest BCUT2D eigenvalue weighted by atomic mass is 9.91. The van der Waals surface area contributed by atoms with Gasteiger partial charge in [-0.05, 0) is 57.6 Å². The molecular formula is C19H32N4O. The Hall–Kier alpha value is -1.46. The Kier molecular flexibility index (Phi) is 6.75. The number of carbonyl (C=O) groups is 1. The lowest BCUT2D eigenvalue weighted by Crippen LogP contribution is -2.44. The number of hydrogen-bond donors (Lipinski definition) is 1. The number of nitrogens with one attached hydrogen (secondary N) is 1. The summed E-state index contributed by atoms with van der Waals surface area (Å²) in [7, 11) is 4.14. The first-order valence-electron chi connectivity index (χ1n) is 8.90. The summed E-state index contributed by atoms with van der Waals surface area (Å²) in [5.41, 5.74) is 1.20. The highest BCUT2D eigenvalue weighted by Gasteiger charge is 2.27. The third-order valence-electron chi connectivity index (χ3n) is 4.56. The van der Waals surface area contributed by atoms with Crippen molar-refractivity contribution < 1.29 is 4.79 Å². The van der Waals surface area contributed by atoms with Crippen LogP contribution in [-0.4, -0.2) is 61.0 Å². The Morgan fingerprint density at radius 1 is 1.33 bits per heavy atom. The van der Waals surface area contributed by atoms with Gasteiger partial charge in [-0.1, -0.05) is 19.9 Å². The molecule has 2 heterocycles. The van der Waals surface area contributed by atoms with Crippen LogP contribution in [0.4, 0.5) is 0 Å². The molecule has 2 rings (SSSR count). The molecule has 1 amide bonds. The van der Waals surface area contributed by atoms with Crippen LogP contribution in [0.15, 0.2) is 24.4 Å². The Balaban J connectivity index is 1.72. The van der Waals surface area contributed by atoms with Crippen LogP contribution in [-0.2, 0) is 11.3 Å². The maximum absolute atomic E-state index is 12.4. The van der Waals surface area contributed by atoms with Gasteiger partial charge < -0.3 is 10.2 Å². The van der Waals surface area contributed by atoms with Gasteiger partial charge in [-0.15, -0.1) is 0 Å². The smallest absolute Gasteiger partial charge is 0.223 e. The topological polar surface area (TPSA) is 48.5 Å². The molecule has 1 aliphatic heterocycles. The summed E-state index contributed by atoms with van der Waals surface area (Å²) in [6, 6.07) is 6.03. The van der Waals surface area contributed by atoms with Crippen molar-refractivity contribution >= 4 is 5.91 Å². The van der Waals surface area contributed by atoms with Gasteiger partial charge in [-0.2, -0.15) is 0 Å². The second-order valence-corrected chi connectivity index (χ2v) is 7.99. The van der Waals surface area contributed by atoms with Gasteiger partial charge in [0.15, 0.2) is 0 Å². The molecule has 0 spiro atoms. The lowest BCUT2D eigenvalue weighted by Gasteiger charge is -2.33. The largest absolute Gasteiger partial charge is 0.355 e. The molecule has 1 aromatic heterocycles. The summed E-state index contributed by atoms with van der Waals surface area (Å²) in [6.07, 6.45) is 3.71. The summed E-state index contributed by atoms with van der Waals surface area (Å²) in [5.74, 6) is 0.374. The van der Waals surface area contributed by atoms with Gasteiger partial charge in [0.25, 0.3) is 0 Å². The highest BCUT2D eigenvalue weighted by atomic mass is 16.1. The average Bonchev–Trinajstić information content (AvgIpc) is 2.53. The fourth-order valence-electron chi connectivity index (χ4n) is 3.46. The second kappa shape index (κ2) is 8.58. The van der Waals surface area contributed by atoms with Crippen LogP contribution in [0.1, 0.15) is 32.4 Å². The van der Waals surface area contributed by atoms with Crippen LogP contribution < -0.4 is 5.32 Å². The summed E-state index contributed by atoms with van der Waals surface area (Å²) in [6.45, 7) is 8.91. The number of amides is 1. The van der Waals surface area contributed by atoms with Crippen LogP contribution in [0.3, 0.4) is 0 Å². The zero-order valence-electron chi connectivity index (χ0n) is 15.6. The molecule has 0 unspecified atom stereocenters. The SMILES string of the molecule is CN(C)CC(C)(C)CNC(=O)C1CCN(Cc2ccccn2)CC1. The molecule has 5 nitrogen and oxygen atoms in total. The van der Waals surface area contributed by atoms with E-state index in [0.29, 0.717) is 0 Å². The number of hydrogen-bond acceptors (Lipinski definition) is 4. The molecule has 0 saturated carbocycles. The Morgan fingerprint density at radius 2 is 2.04 bits per heavy atom. The zero-order chi connectivity index (χ0) is 17.6. The molecule has 134 valence electrons. The number of pyridine rings is 1. The summed E-state index contributed by atoms with van der Waals surface area (Å²) in [5, 5.41) is 3.17. The number of carbonyl (C=O) groups excluding carboxylic acids is 1. The van der Waals surface area contributed by atoms with Gasteiger partial charge in [0.1, 0.15) is 0 Å². The number of rotatable bonds is 7. The second-order valence-electron chi connectivity index (χ2n) is 7.99. The van der Waals surface area contributed by atoms with E-state index in [1.165, 1.54) is 0 Å². The summed E-state index contributed by atoms with van der Waals surface area (Å²) < 4.78 is 0. The minimum atomic E-state index is 0.0961. The monoisotopic (exact) mass is 332 g/mol. The van der Waals surface area contributed by atoms with Crippen LogP contribution in [0.25, 0.3) is 0 Å². The van der Waals surface area contributed by atoms with E-state index < -0.39 is 0 Å². The molecule has 1 N–H and O–H groups in total. The van der Waals surface area contributed by atoms with E-state index >= 15 is 0 Å². The third-order valence-corrected chi connectivity index (χ3v) is 4.56. The van der Waals surface area contributed by atoms with Crippen LogP contribution >= 0.6 is 0 Å². The van der Waals surface area contributed by atoms with Gasteiger partial charge in [0.2, 0.25) is 5.91 Å². The van der Waals surface area contributed by atoms with Gasteiger partial charge in [-0.3, -0.25) is 14.7 Å². The van der Waals surface area contributed by atoms with Gasteiger partial charge in [0, 0.05) is 31.7 Å². The van der Waals surface area contributed by atoms with E-state index in [0.717, 1.165) is 51.3 Å². The maximum Gasteiger partial charge on any atom is 0.223 e. The first-order chi connectivity index (χ1) is 11.4. The molecule has 1 aliphatic rings. The van der Waals surface area contributed by atoms with Crippen molar-refractivity contribution in [3.8, 4) is 0 Å². The summed E-state index contributed by atoms with van der Waals surface area (Å²) in [4.78, 5) is 21.4. The molecular weight excluding hydrogens is 300 g/mol. The van der Waals surface area contributed by atoms with Crippen molar-refractivity contribution in [1.29, 1.82) is 0 Å². The van der Waals surface area contributed by atoms with E-state index in [1.54, 1.807) is 0 Å². The van der Waals surface area contributed by atoms with E-state index in [-0.39, 0.29) is 17.2 Å².